The topological polar surface area (TPSA) is 76.6 Å². The van der Waals surface area contributed by atoms with Gasteiger partial charge in [-0.15, -0.1) is 0 Å². The molecule has 6 rings (SSSR count). The van der Waals surface area contributed by atoms with Crippen LogP contribution in [0, 0.1) is 0 Å². The van der Waals surface area contributed by atoms with E-state index in [0.29, 0.717) is 6.42 Å². The summed E-state index contributed by atoms with van der Waals surface area (Å²) < 4.78 is 0. The lowest BCUT2D eigenvalue weighted by Gasteiger charge is -2.47. The Kier molecular flexibility index (Phi) is 4.96. The van der Waals surface area contributed by atoms with Crippen LogP contribution in [0.4, 0.5) is 0 Å². The molecule has 1 aromatic heterocycles. The van der Waals surface area contributed by atoms with Crippen LogP contribution in [0.15, 0.2) is 84.9 Å². The van der Waals surface area contributed by atoms with Crippen molar-refractivity contribution in [2.45, 2.75) is 24.6 Å². The SMILES string of the molecule is O=C1[C@H]2Cc3c([nH]c4ccccc34)C(c3ccccc3)N2C(=O)CN1CC(O)c1ccccc1. The maximum atomic E-state index is 13.7. The van der Waals surface area contributed by atoms with E-state index in [2.05, 4.69) is 11.1 Å². The highest BCUT2D eigenvalue weighted by molar-refractivity contribution is 5.97. The molecule has 0 radical (unpaired) electrons. The standard InChI is InChI=1S/C28H25N3O3/c32-24(18-9-3-1-4-10-18)16-30-17-25(33)31-23(28(30)34)15-21-20-13-7-8-14-22(20)29-26(21)27(31)19-11-5-2-6-12-19/h1-14,23-24,27,29,32H,15-17H2/t23-,24?,27?/m1/s1. The van der Waals surface area contributed by atoms with Crippen molar-refractivity contribution in [3.05, 3.63) is 107 Å². The van der Waals surface area contributed by atoms with Gasteiger partial charge in [0.2, 0.25) is 11.8 Å². The highest BCUT2D eigenvalue weighted by Crippen LogP contribution is 2.42. The molecule has 3 heterocycles. The van der Waals surface area contributed by atoms with Crippen LogP contribution in [0.25, 0.3) is 10.9 Å². The summed E-state index contributed by atoms with van der Waals surface area (Å²) >= 11 is 0. The van der Waals surface area contributed by atoms with Gasteiger partial charge in [0, 0.05) is 23.0 Å². The van der Waals surface area contributed by atoms with E-state index in [1.54, 1.807) is 4.90 Å². The van der Waals surface area contributed by atoms with Gasteiger partial charge < -0.3 is 19.9 Å². The molecule has 1 saturated heterocycles. The maximum Gasteiger partial charge on any atom is 0.246 e. The first-order valence-electron chi connectivity index (χ1n) is 11.6. The molecule has 3 atom stereocenters. The number of piperazine rings is 1. The lowest BCUT2D eigenvalue weighted by molar-refractivity contribution is -0.159. The van der Waals surface area contributed by atoms with Crippen molar-refractivity contribution in [1.82, 2.24) is 14.8 Å². The van der Waals surface area contributed by atoms with E-state index in [-0.39, 0.29) is 30.9 Å². The van der Waals surface area contributed by atoms with Gasteiger partial charge in [0.15, 0.2) is 0 Å². The first-order valence-corrected chi connectivity index (χ1v) is 11.6. The van der Waals surface area contributed by atoms with Gasteiger partial charge in [0.05, 0.1) is 25.2 Å². The van der Waals surface area contributed by atoms with Crippen LogP contribution in [0.2, 0.25) is 0 Å². The highest BCUT2D eigenvalue weighted by atomic mass is 16.3. The number of fused-ring (bicyclic) bond motifs is 4. The number of carbonyl (C=O) groups is 2. The summed E-state index contributed by atoms with van der Waals surface area (Å²) in [7, 11) is 0. The lowest BCUT2D eigenvalue weighted by atomic mass is 9.86. The molecule has 2 aliphatic heterocycles. The van der Waals surface area contributed by atoms with Crippen LogP contribution in [-0.2, 0) is 16.0 Å². The van der Waals surface area contributed by atoms with Crippen molar-refractivity contribution in [2.24, 2.45) is 0 Å². The Balaban J connectivity index is 1.41. The molecule has 1 fully saturated rings. The molecular formula is C28H25N3O3. The Bertz CT molecular complexity index is 1370. The van der Waals surface area contributed by atoms with Crippen LogP contribution >= 0.6 is 0 Å². The molecule has 2 aliphatic rings. The number of hydrogen-bond donors (Lipinski definition) is 2. The number of aliphatic hydroxyl groups is 1. The third kappa shape index (κ3) is 3.30. The number of aliphatic hydroxyl groups excluding tert-OH is 1. The maximum absolute atomic E-state index is 13.7. The number of para-hydroxylation sites is 1. The number of aromatic amines is 1. The van der Waals surface area contributed by atoms with E-state index in [4.69, 9.17) is 0 Å². The zero-order valence-electron chi connectivity index (χ0n) is 18.6. The molecule has 34 heavy (non-hydrogen) atoms. The van der Waals surface area contributed by atoms with E-state index in [0.717, 1.165) is 33.3 Å². The molecule has 0 spiro atoms. The number of hydrogen-bond acceptors (Lipinski definition) is 3. The summed E-state index contributed by atoms with van der Waals surface area (Å²) in [5, 5.41) is 11.8. The lowest BCUT2D eigenvalue weighted by Crippen LogP contribution is -2.63. The fraction of sp³-hybridized carbons (Fsp3) is 0.214. The molecule has 2 unspecified atom stereocenters. The number of nitrogens with zero attached hydrogens (tertiary/aromatic N) is 2. The van der Waals surface area contributed by atoms with Crippen LogP contribution in [0.3, 0.4) is 0 Å². The van der Waals surface area contributed by atoms with E-state index >= 15 is 0 Å². The van der Waals surface area contributed by atoms with Gasteiger partial charge in [-0.05, 0) is 22.8 Å². The average Bonchev–Trinajstić information content (AvgIpc) is 3.25. The molecule has 3 aromatic carbocycles. The highest BCUT2D eigenvalue weighted by Gasteiger charge is 2.48. The van der Waals surface area contributed by atoms with Crippen LogP contribution in [0.1, 0.15) is 34.5 Å². The van der Waals surface area contributed by atoms with Gasteiger partial charge in [-0.3, -0.25) is 9.59 Å². The summed E-state index contributed by atoms with van der Waals surface area (Å²) in [4.78, 5) is 34.1. The summed E-state index contributed by atoms with van der Waals surface area (Å²) in [6.45, 7) is 0.0494. The Morgan fingerprint density at radius 1 is 0.912 bits per heavy atom. The van der Waals surface area contributed by atoms with Crippen LogP contribution in [0.5, 0.6) is 0 Å². The van der Waals surface area contributed by atoms with Gasteiger partial charge >= 0.3 is 0 Å². The molecule has 170 valence electrons. The van der Waals surface area contributed by atoms with Crippen molar-refractivity contribution >= 4 is 22.7 Å². The van der Waals surface area contributed by atoms with Gasteiger partial charge in [-0.1, -0.05) is 78.9 Å². The summed E-state index contributed by atoms with van der Waals surface area (Å²) in [5.74, 6) is -0.227. The molecule has 0 bridgehead atoms. The molecule has 6 heteroatoms. The first kappa shape index (κ1) is 20.7. The second-order valence-corrected chi connectivity index (χ2v) is 9.04. The average molecular weight is 452 g/mol. The van der Waals surface area contributed by atoms with Crippen LogP contribution in [-0.4, -0.2) is 50.8 Å². The molecule has 2 amide bonds. The minimum atomic E-state index is -0.846. The zero-order chi connectivity index (χ0) is 23.2. The first-order chi connectivity index (χ1) is 16.6. The predicted molar refractivity (Wildman–Crippen MR) is 129 cm³/mol. The number of H-pyrrole nitrogens is 1. The van der Waals surface area contributed by atoms with Crippen molar-refractivity contribution < 1.29 is 14.7 Å². The number of rotatable bonds is 4. The molecule has 2 N–H and O–H groups in total. The van der Waals surface area contributed by atoms with Gasteiger partial charge in [0.1, 0.15) is 6.04 Å². The normalized spacial score (nSPS) is 20.9. The number of aromatic nitrogens is 1. The zero-order valence-corrected chi connectivity index (χ0v) is 18.6. The van der Waals surface area contributed by atoms with E-state index in [1.807, 2.05) is 78.9 Å². The Morgan fingerprint density at radius 2 is 1.59 bits per heavy atom. The molecule has 6 nitrogen and oxygen atoms in total. The fourth-order valence-corrected chi connectivity index (χ4v) is 5.45. The van der Waals surface area contributed by atoms with Crippen molar-refractivity contribution in [3.8, 4) is 0 Å². The third-order valence-corrected chi connectivity index (χ3v) is 7.04. The molecular weight excluding hydrogens is 426 g/mol. The van der Waals surface area contributed by atoms with Crippen molar-refractivity contribution in [3.63, 3.8) is 0 Å². The molecule has 4 aromatic rings. The second kappa shape index (κ2) is 8.15. The minimum absolute atomic E-state index is 0.0435. The van der Waals surface area contributed by atoms with Gasteiger partial charge in [0.25, 0.3) is 0 Å². The number of amides is 2. The Hall–Kier alpha value is -3.90. The third-order valence-electron chi connectivity index (χ3n) is 7.04. The van der Waals surface area contributed by atoms with E-state index in [9.17, 15) is 14.7 Å². The summed E-state index contributed by atoms with van der Waals surface area (Å²) in [5.41, 5.74) is 4.76. The Labute approximate surface area is 197 Å². The Morgan fingerprint density at radius 3 is 2.35 bits per heavy atom. The fourth-order valence-electron chi connectivity index (χ4n) is 5.45. The molecule has 0 saturated carbocycles. The number of nitrogens with one attached hydrogen (secondary N) is 1. The van der Waals surface area contributed by atoms with Gasteiger partial charge in [-0.2, -0.15) is 0 Å². The number of benzene rings is 3. The summed E-state index contributed by atoms with van der Waals surface area (Å²) in [6.07, 6.45) is -0.396. The summed E-state index contributed by atoms with van der Waals surface area (Å²) in [6, 6.07) is 26.2. The van der Waals surface area contributed by atoms with E-state index in [1.165, 1.54) is 4.90 Å². The largest absolute Gasteiger partial charge is 0.387 e. The van der Waals surface area contributed by atoms with Crippen molar-refractivity contribution in [1.29, 1.82) is 0 Å². The van der Waals surface area contributed by atoms with Crippen molar-refractivity contribution in [2.75, 3.05) is 13.1 Å². The second-order valence-electron chi connectivity index (χ2n) is 9.04. The molecule has 0 aliphatic carbocycles. The number of β-amino-alcohol motifs (C(OH)–C–C–N with tert-alkyl or cyclic N) is 1. The number of carbonyl (C=O) groups excluding carboxylic acids is 2. The predicted octanol–water partition coefficient (Wildman–Crippen LogP) is 3.59. The van der Waals surface area contributed by atoms with E-state index < -0.39 is 12.1 Å². The van der Waals surface area contributed by atoms with Crippen LogP contribution < -0.4 is 0 Å². The smallest absolute Gasteiger partial charge is 0.246 e. The quantitative estimate of drug-likeness (QED) is 0.498. The minimum Gasteiger partial charge on any atom is -0.387 e. The monoisotopic (exact) mass is 451 g/mol. The van der Waals surface area contributed by atoms with Gasteiger partial charge in [-0.25, -0.2) is 0 Å².